The maximum Gasteiger partial charge on any atom is 0.271 e. The van der Waals surface area contributed by atoms with Crippen LogP contribution in [0.2, 0.25) is 0 Å². The lowest BCUT2D eigenvalue weighted by Gasteiger charge is -2.30. The standard InChI is InChI=1S/C19H23N3O5S/c1-4-14-9-11-15(12-10-14)20-19(23)18(5-2)21(28(3,26)27)16-7-6-8-17(13-16)22(24)25/h6-13,18H,4-5H2,1-3H3,(H,20,23)/t18-/m0/s1. The quantitative estimate of drug-likeness (QED) is 0.535. The van der Waals surface area contributed by atoms with Crippen LogP contribution in [0.5, 0.6) is 0 Å². The molecule has 2 aromatic rings. The van der Waals surface area contributed by atoms with Crippen LogP contribution in [0.3, 0.4) is 0 Å². The molecular formula is C19H23N3O5S. The third-order valence-corrected chi connectivity index (χ3v) is 5.43. The van der Waals surface area contributed by atoms with Gasteiger partial charge in [-0.25, -0.2) is 8.42 Å². The number of sulfonamides is 1. The second-order valence-corrected chi connectivity index (χ2v) is 8.16. The maximum absolute atomic E-state index is 12.8. The van der Waals surface area contributed by atoms with E-state index in [0.717, 1.165) is 28.6 Å². The van der Waals surface area contributed by atoms with Gasteiger partial charge in [0.25, 0.3) is 5.69 Å². The topological polar surface area (TPSA) is 110 Å². The van der Waals surface area contributed by atoms with Gasteiger partial charge in [-0.2, -0.15) is 0 Å². The minimum Gasteiger partial charge on any atom is -0.324 e. The zero-order valence-corrected chi connectivity index (χ0v) is 16.8. The Morgan fingerprint density at radius 3 is 2.32 bits per heavy atom. The average molecular weight is 405 g/mol. The Labute approximate surface area is 164 Å². The molecule has 0 saturated heterocycles. The highest BCUT2D eigenvalue weighted by molar-refractivity contribution is 7.92. The molecule has 0 aliphatic rings. The van der Waals surface area contributed by atoms with Crippen molar-refractivity contribution in [2.24, 2.45) is 0 Å². The fraction of sp³-hybridized carbons (Fsp3) is 0.316. The summed E-state index contributed by atoms with van der Waals surface area (Å²) in [5, 5.41) is 13.8. The molecule has 0 spiro atoms. The molecule has 0 aliphatic carbocycles. The fourth-order valence-electron chi connectivity index (χ4n) is 2.85. The molecule has 2 aromatic carbocycles. The van der Waals surface area contributed by atoms with Crippen molar-refractivity contribution in [3.8, 4) is 0 Å². The van der Waals surface area contributed by atoms with Gasteiger partial charge in [0.05, 0.1) is 16.9 Å². The van der Waals surface area contributed by atoms with Crippen LogP contribution in [0.25, 0.3) is 0 Å². The fourth-order valence-corrected chi connectivity index (χ4v) is 4.06. The van der Waals surface area contributed by atoms with E-state index < -0.39 is 26.9 Å². The lowest BCUT2D eigenvalue weighted by Crippen LogP contribution is -2.47. The van der Waals surface area contributed by atoms with Crippen molar-refractivity contribution in [1.82, 2.24) is 0 Å². The molecule has 0 unspecified atom stereocenters. The Kier molecular flexibility index (Phi) is 6.74. The van der Waals surface area contributed by atoms with Crippen LogP contribution < -0.4 is 9.62 Å². The van der Waals surface area contributed by atoms with Gasteiger partial charge in [-0.15, -0.1) is 0 Å². The van der Waals surface area contributed by atoms with Gasteiger partial charge in [-0.1, -0.05) is 32.0 Å². The lowest BCUT2D eigenvalue weighted by molar-refractivity contribution is -0.384. The van der Waals surface area contributed by atoms with Crippen molar-refractivity contribution >= 4 is 33.0 Å². The Morgan fingerprint density at radius 2 is 1.82 bits per heavy atom. The number of rotatable bonds is 8. The number of nitrogens with zero attached hydrogens (tertiary/aromatic N) is 2. The van der Waals surface area contributed by atoms with Crippen molar-refractivity contribution < 1.29 is 18.1 Å². The minimum absolute atomic E-state index is 0.0695. The normalized spacial score (nSPS) is 12.2. The number of benzene rings is 2. The molecule has 9 heteroatoms. The molecule has 0 radical (unpaired) electrons. The summed E-state index contributed by atoms with van der Waals surface area (Å²) >= 11 is 0. The number of anilines is 2. The molecule has 0 saturated carbocycles. The number of carbonyl (C=O) groups excluding carboxylic acids is 1. The van der Waals surface area contributed by atoms with Crippen LogP contribution in [-0.4, -0.2) is 31.5 Å². The van der Waals surface area contributed by atoms with Gasteiger partial charge in [-0.3, -0.25) is 19.2 Å². The third kappa shape index (κ3) is 5.07. The van der Waals surface area contributed by atoms with Crippen LogP contribution in [0.1, 0.15) is 25.8 Å². The monoisotopic (exact) mass is 405 g/mol. The Morgan fingerprint density at radius 1 is 1.18 bits per heavy atom. The first-order valence-electron chi connectivity index (χ1n) is 8.81. The van der Waals surface area contributed by atoms with E-state index >= 15 is 0 Å². The number of amides is 1. The second kappa shape index (κ2) is 8.83. The largest absolute Gasteiger partial charge is 0.324 e. The smallest absolute Gasteiger partial charge is 0.271 e. The number of carbonyl (C=O) groups is 1. The van der Waals surface area contributed by atoms with E-state index in [1.165, 1.54) is 18.2 Å². The number of nitrogens with one attached hydrogen (secondary N) is 1. The van der Waals surface area contributed by atoms with Crippen molar-refractivity contribution in [3.63, 3.8) is 0 Å². The first kappa shape index (κ1) is 21.4. The summed E-state index contributed by atoms with van der Waals surface area (Å²) in [4.78, 5) is 23.3. The summed E-state index contributed by atoms with van der Waals surface area (Å²) < 4.78 is 25.8. The molecule has 8 nitrogen and oxygen atoms in total. The number of nitro benzene ring substituents is 1. The van der Waals surface area contributed by atoms with E-state index in [2.05, 4.69) is 5.32 Å². The predicted molar refractivity (Wildman–Crippen MR) is 109 cm³/mol. The first-order chi connectivity index (χ1) is 13.2. The first-order valence-corrected chi connectivity index (χ1v) is 10.7. The SMILES string of the molecule is CCc1ccc(NC(=O)[C@H](CC)N(c2cccc([N+](=O)[O-])c2)S(C)(=O)=O)cc1. The highest BCUT2D eigenvalue weighted by Crippen LogP contribution is 2.27. The lowest BCUT2D eigenvalue weighted by atomic mass is 10.1. The number of hydrogen-bond acceptors (Lipinski definition) is 5. The van der Waals surface area contributed by atoms with Crippen LogP contribution in [-0.2, 0) is 21.2 Å². The van der Waals surface area contributed by atoms with Crippen molar-refractivity contribution in [2.45, 2.75) is 32.7 Å². The number of non-ortho nitro benzene ring substituents is 1. The van der Waals surface area contributed by atoms with Gasteiger partial charge in [0, 0.05) is 17.8 Å². The summed E-state index contributed by atoms with van der Waals surface area (Å²) in [6.07, 6.45) is 2.02. The molecule has 0 fully saturated rings. The molecule has 2 rings (SSSR count). The molecule has 0 bridgehead atoms. The van der Waals surface area contributed by atoms with E-state index in [1.54, 1.807) is 19.1 Å². The van der Waals surface area contributed by atoms with Crippen molar-refractivity contribution in [1.29, 1.82) is 0 Å². The average Bonchev–Trinajstić information content (AvgIpc) is 2.65. The summed E-state index contributed by atoms with van der Waals surface area (Å²) in [5.74, 6) is -0.510. The molecule has 1 atom stereocenters. The van der Waals surface area contributed by atoms with E-state index in [1.807, 2.05) is 19.1 Å². The van der Waals surface area contributed by atoms with Gasteiger partial charge >= 0.3 is 0 Å². The van der Waals surface area contributed by atoms with Crippen molar-refractivity contribution in [2.75, 3.05) is 15.9 Å². The van der Waals surface area contributed by atoms with Gasteiger partial charge in [0.2, 0.25) is 15.9 Å². The van der Waals surface area contributed by atoms with Crippen LogP contribution >= 0.6 is 0 Å². The van der Waals surface area contributed by atoms with E-state index in [9.17, 15) is 23.3 Å². The van der Waals surface area contributed by atoms with Gasteiger partial charge in [0.1, 0.15) is 6.04 Å². The summed E-state index contributed by atoms with van der Waals surface area (Å²) in [5.41, 5.74) is 1.48. The summed E-state index contributed by atoms with van der Waals surface area (Å²) in [6.45, 7) is 3.70. The molecule has 1 N–H and O–H groups in total. The number of hydrogen-bond donors (Lipinski definition) is 1. The second-order valence-electron chi connectivity index (χ2n) is 6.30. The predicted octanol–water partition coefficient (Wildman–Crippen LogP) is 3.34. The molecule has 0 aliphatic heterocycles. The third-order valence-electron chi connectivity index (χ3n) is 4.25. The van der Waals surface area contributed by atoms with Gasteiger partial charge < -0.3 is 5.32 Å². The molecule has 0 aromatic heterocycles. The van der Waals surface area contributed by atoms with E-state index in [4.69, 9.17) is 0 Å². The molecule has 28 heavy (non-hydrogen) atoms. The minimum atomic E-state index is -3.87. The zero-order chi connectivity index (χ0) is 20.9. The van der Waals surface area contributed by atoms with Crippen LogP contribution in [0, 0.1) is 10.1 Å². The Balaban J connectivity index is 2.38. The molecule has 0 heterocycles. The van der Waals surface area contributed by atoms with Crippen LogP contribution in [0.4, 0.5) is 17.1 Å². The highest BCUT2D eigenvalue weighted by Gasteiger charge is 2.32. The Bertz CT molecular complexity index is 958. The molecular weight excluding hydrogens is 382 g/mol. The van der Waals surface area contributed by atoms with E-state index in [-0.39, 0.29) is 17.8 Å². The summed E-state index contributed by atoms with van der Waals surface area (Å²) in [6, 6.07) is 11.4. The van der Waals surface area contributed by atoms with Crippen LogP contribution in [0.15, 0.2) is 48.5 Å². The summed E-state index contributed by atoms with van der Waals surface area (Å²) in [7, 11) is -3.87. The molecule has 1 amide bonds. The van der Waals surface area contributed by atoms with Gasteiger partial charge in [-0.05, 0) is 36.6 Å². The maximum atomic E-state index is 12.8. The number of nitro groups is 1. The van der Waals surface area contributed by atoms with Gasteiger partial charge in [0.15, 0.2) is 0 Å². The number of aryl methyl sites for hydroxylation is 1. The highest BCUT2D eigenvalue weighted by atomic mass is 32.2. The van der Waals surface area contributed by atoms with Crippen molar-refractivity contribution in [3.05, 3.63) is 64.2 Å². The zero-order valence-electron chi connectivity index (χ0n) is 16.0. The molecule has 150 valence electrons. The van der Waals surface area contributed by atoms with E-state index in [0.29, 0.717) is 5.69 Å². The Hall–Kier alpha value is -2.94.